The van der Waals surface area contributed by atoms with E-state index in [1.54, 1.807) is 0 Å². The molecular weight excluding hydrogens is 300 g/mol. The molecule has 0 fully saturated rings. The second-order valence-corrected chi connectivity index (χ2v) is 3.86. The van der Waals surface area contributed by atoms with Gasteiger partial charge in [0.05, 0.1) is 12.2 Å². The van der Waals surface area contributed by atoms with Gasteiger partial charge in [-0.1, -0.05) is 0 Å². The largest absolute Gasteiger partial charge is 0.480 e. The number of hydrogen-bond acceptors (Lipinski definition) is 3. The van der Waals surface area contributed by atoms with E-state index in [0.717, 1.165) is 6.07 Å². The van der Waals surface area contributed by atoms with Gasteiger partial charge in [-0.3, -0.25) is 0 Å². The SMILES string of the molecule is O=C(Nc1ccc(F)c(C(F)(F)F)c1)N[C@H](CO)C(=O)O. The fraction of sp³-hybridized carbons (Fsp3) is 0.273. The van der Waals surface area contributed by atoms with Crippen LogP contribution in [0.3, 0.4) is 0 Å². The Morgan fingerprint density at radius 1 is 1.29 bits per heavy atom. The third-order valence-electron chi connectivity index (χ3n) is 2.32. The maximum absolute atomic E-state index is 13.0. The number of alkyl halides is 3. The molecule has 2 amide bonds. The molecule has 0 aliphatic heterocycles. The van der Waals surface area contributed by atoms with Gasteiger partial charge in [0.25, 0.3) is 0 Å². The Labute approximate surface area is 115 Å². The number of carbonyl (C=O) groups excluding carboxylic acids is 1. The predicted molar refractivity (Wildman–Crippen MR) is 62.1 cm³/mol. The summed E-state index contributed by atoms with van der Waals surface area (Å²) < 4.78 is 50.4. The number of aliphatic carboxylic acids is 1. The number of amides is 2. The first-order valence-corrected chi connectivity index (χ1v) is 5.43. The van der Waals surface area contributed by atoms with Crippen LogP contribution in [0.1, 0.15) is 5.56 Å². The lowest BCUT2D eigenvalue weighted by Crippen LogP contribution is -2.45. The van der Waals surface area contributed by atoms with Crippen molar-refractivity contribution < 1.29 is 37.4 Å². The third kappa shape index (κ3) is 4.60. The van der Waals surface area contributed by atoms with Crippen LogP contribution >= 0.6 is 0 Å². The predicted octanol–water partition coefficient (Wildman–Crippen LogP) is 1.41. The van der Waals surface area contributed by atoms with Gasteiger partial charge < -0.3 is 20.8 Å². The van der Waals surface area contributed by atoms with E-state index < -0.39 is 42.2 Å². The third-order valence-corrected chi connectivity index (χ3v) is 2.32. The maximum atomic E-state index is 13.0. The molecule has 6 nitrogen and oxygen atoms in total. The van der Waals surface area contributed by atoms with Crippen molar-refractivity contribution in [2.75, 3.05) is 11.9 Å². The van der Waals surface area contributed by atoms with Crippen molar-refractivity contribution in [1.29, 1.82) is 0 Å². The number of urea groups is 1. The molecule has 0 saturated heterocycles. The Hall–Kier alpha value is -2.36. The molecule has 0 unspecified atom stereocenters. The number of benzene rings is 1. The highest BCUT2D eigenvalue weighted by Gasteiger charge is 2.34. The molecule has 0 bridgehead atoms. The number of carboxylic acids is 1. The van der Waals surface area contributed by atoms with Crippen molar-refractivity contribution in [1.82, 2.24) is 5.32 Å². The molecule has 0 aliphatic rings. The van der Waals surface area contributed by atoms with Crippen molar-refractivity contribution >= 4 is 17.7 Å². The molecule has 1 aromatic rings. The standard InChI is InChI=1S/C11H10F4N2O4/c12-7-2-1-5(3-6(7)11(13,14)15)16-10(21)17-8(4-18)9(19)20/h1-3,8,18H,4H2,(H,19,20)(H2,16,17,21)/t8-/m1/s1. The Bertz CT molecular complexity index is 548. The van der Waals surface area contributed by atoms with Crippen LogP contribution in [-0.4, -0.2) is 34.9 Å². The Morgan fingerprint density at radius 3 is 2.38 bits per heavy atom. The lowest BCUT2D eigenvalue weighted by Gasteiger charge is -2.14. The van der Waals surface area contributed by atoms with E-state index in [0.29, 0.717) is 12.1 Å². The Balaban J connectivity index is 2.84. The summed E-state index contributed by atoms with van der Waals surface area (Å²) in [6.07, 6.45) is -4.94. The molecule has 0 aromatic heterocycles. The minimum atomic E-state index is -4.94. The van der Waals surface area contributed by atoms with Crippen LogP contribution in [0.25, 0.3) is 0 Å². The lowest BCUT2D eigenvalue weighted by molar-refractivity contribution is -0.140. The number of carboxylic acid groups (broad SMARTS) is 1. The highest BCUT2D eigenvalue weighted by Crippen LogP contribution is 2.32. The van der Waals surface area contributed by atoms with Gasteiger partial charge in [-0.25, -0.2) is 14.0 Å². The second-order valence-electron chi connectivity index (χ2n) is 3.86. The van der Waals surface area contributed by atoms with Gasteiger partial charge in [0.15, 0.2) is 6.04 Å². The van der Waals surface area contributed by atoms with E-state index in [1.807, 2.05) is 10.6 Å². The first-order chi connectivity index (χ1) is 9.65. The summed E-state index contributed by atoms with van der Waals surface area (Å²) in [5.41, 5.74) is -1.96. The summed E-state index contributed by atoms with van der Waals surface area (Å²) >= 11 is 0. The number of rotatable bonds is 4. The number of aliphatic hydroxyl groups excluding tert-OH is 1. The van der Waals surface area contributed by atoms with Crippen molar-refractivity contribution in [2.45, 2.75) is 12.2 Å². The number of nitrogens with one attached hydrogen (secondary N) is 2. The van der Waals surface area contributed by atoms with Crippen LogP contribution in [0.5, 0.6) is 0 Å². The molecule has 0 radical (unpaired) electrons. The number of anilines is 1. The summed E-state index contributed by atoms with van der Waals surface area (Å²) in [7, 11) is 0. The van der Waals surface area contributed by atoms with Crippen LogP contribution in [0.15, 0.2) is 18.2 Å². The van der Waals surface area contributed by atoms with Crippen LogP contribution in [-0.2, 0) is 11.0 Å². The van der Waals surface area contributed by atoms with Crippen molar-refractivity contribution in [3.8, 4) is 0 Å². The number of aliphatic hydroxyl groups is 1. The van der Waals surface area contributed by atoms with E-state index in [1.165, 1.54) is 0 Å². The average molecular weight is 310 g/mol. The smallest absolute Gasteiger partial charge is 0.419 e. The molecule has 1 atom stereocenters. The van der Waals surface area contributed by atoms with Crippen molar-refractivity contribution in [2.24, 2.45) is 0 Å². The van der Waals surface area contributed by atoms with E-state index in [2.05, 4.69) is 0 Å². The van der Waals surface area contributed by atoms with Gasteiger partial charge in [0.2, 0.25) is 0 Å². The van der Waals surface area contributed by atoms with Gasteiger partial charge in [0.1, 0.15) is 5.82 Å². The monoisotopic (exact) mass is 310 g/mol. The summed E-state index contributed by atoms with van der Waals surface area (Å²) in [4.78, 5) is 21.9. The summed E-state index contributed by atoms with van der Waals surface area (Å²) in [5.74, 6) is -3.03. The van der Waals surface area contributed by atoms with Crippen LogP contribution in [0.4, 0.5) is 28.0 Å². The topological polar surface area (TPSA) is 98.7 Å². The highest BCUT2D eigenvalue weighted by molar-refractivity contribution is 5.92. The normalized spacial score (nSPS) is 12.6. The second kappa shape index (κ2) is 6.39. The Morgan fingerprint density at radius 2 is 1.90 bits per heavy atom. The summed E-state index contributed by atoms with van der Waals surface area (Å²) in [6.45, 7) is -0.903. The molecule has 1 rings (SSSR count). The molecule has 0 heterocycles. The molecule has 21 heavy (non-hydrogen) atoms. The minimum absolute atomic E-state index is 0.365. The fourth-order valence-electron chi connectivity index (χ4n) is 1.33. The number of carbonyl (C=O) groups is 2. The molecule has 4 N–H and O–H groups in total. The maximum Gasteiger partial charge on any atom is 0.419 e. The van der Waals surface area contributed by atoms with Crippen LogP contribution in [0, 0.1) is 5.82 Å². The van der Waals surface area contributed by atoms with E-state index in [-0.39, 0.29) is 5.69 Å². The quantitative estimate of drug-likeness (QED) is 0.632. The van der Waals surface area contributed by atoms with Gasteiger partial charge in [-0.05, 0) is 18.2 Å². The van der Waals surface area contributed by atoms with Gasteiger partial charge in [-0.15, -0.1) is 0 Å². The summed E-state index contributed by atoms with van der Waals surface area (Å²) in [6, 6.07) is -1.02. The number of hydrogen-bond donors (Lipinski definition) is 4. The van der Waals surface area contributed by atoms with Crippen molar-refractivity contribution in [3.63, 3.8) is 0 Å². The molecule has 0 saturated carbocycles. The van der Waals surface area contributed by atoms with Gasteiger partial charge in [-0.2, -0.15) is 13.2 Å². The van der Waals surface area contributed by atoms with E-state index >= 15 is 0 Å². The molecule has 10 heteroatoms. The average Bonchev–Trinajstić information content (AvgIpc) is 2.36. The van der Waals surface area contributed by atoms with E-state index in [9.17, 15) is 27.2 Å². The molecule has 0 spiro atoms. The number of halogens is 4. The molecule has 0 aliphatic carbocycles. The lowest BCUT2D eigenvalue weighted by atomic mass is 10.2. The zero-order valence-corrected chi connectivity index (χ0v) is 10.2. The first-order valence-electron chi connectivity index (χ1n) is 5.43. The van der Waals surface area contributed by atoms with Crippen LogP contribution < -0.4 is 10.6 Å². The first kappa shape index (κ1) is 16.7. The molecule has 1 aromatic carbocycles. The van der Waals surface area contributed by atoms with Gasteiger partial charge >= 0.3 is 18.2 Å². The summed E-state index contributed by atoms with van der Waals surface area (Å²) in [5, 5.41) is 21.0. The Kier molecular flexibility index (Phi) is 5.08. The fourth-order valence-corrected chi connectivity index (χ4v) is 1.33. The molecular formula is C11H10F4N2O4. The zero-order valence-electron chi connectivity index (χ0n) is 10.2. The van der Waals surface area contributed by atoms with Crippen molar-refractivity contribution in [3.05, 3.63) is 29.6 Å². The minimum Gasteiger partial charge on any atom is -0.480 e. The van der Waals surface area contributed by atoms with E-state index in [4.69, 9.17) is 10.2 Å². The molecule has 116 valence electrons. The van der Waals surface area contributed by atoms with Gasteiger partial charge in [0, 0.05) is 5.69 Å². The zero-order chi connectivity index (χ0) is 16.2. The highest BCUT2D eigenvalue weighted by atomic mass is 19.4. The van der Waals surface area contributed by atoms with Crippen LogP contribution in [0.2, 0.25) is 0 Å².